The van der Waals surface area contributed by atoms with E-state index in [0.717, 1.165) is 29.1 Å². The van der Waals surface area contributed by atoms with Gasteiger partial charge in [0.1, 0.15) is 0 Å². The van der Waals surface area contributed by atoms with Crippen molar-refractivity contribution in [1.29, 1.82) is 0 Å². The maximum absolute atomic E-state index is 4.50. The van der Waals surface area contributed by atoms with Crippen LogP contribution in [0.25, 0.3) is 5.95 Å². The number of aryl methyl sites for hydroxylation is 4. The van der Waals surface area contributed by atoms with Crippen molar-refractivity contribution in [2.75, 3.05) is 0 Å². The molecule has 0 bridgehead atoms. The molecule has 17 heavy (non-hydrogen) atoms. The van der Waals surface area contributed by atoms with E-state index in [1.54, 1.807) is 4.68 Å². The maximum atomic E-state index is 4.50. The predicted octanol–water partition coefficient (Wildman–Crippen LogP) is 2.46. The molecule has 0 saturated carbocycles. The molecule has 2 heterocycles. The first-order valence-corrected chi connectivity index (χ1v) is 5.90. The fourth-order valence-electron chi connectivity index (χ4n) is 1.80. The van der Waals surface area contributed by atoms with Crippen LogP contribution in [0.2, 0.25) is 0 Å². The van der Waals surface area contributed by atoms with Gasteiger partial charge < -0.3 is 0 Å². The summed E-state index contributed by atoms with van der Waals surface area (Å²) in [5.74, 6) is 0.661. The van der Waals surface area contributed by atoms with Gasteiger partial charge in [-0.2, -0.15) is 5.10 Å². The topological polar surface area (TPSA) is 43.6 Å². The molecule has 0 amide bonds. The second-order valence-corrected chi connectivity index (χ2v) is 4.38. The minimum atomic E-state index is 0.661. The molecule has 2 rings (SSSR count). The average molecular weight is 230 g/mol. The lowest BCUT2D eigenvalue weighted by atomic mass is 10.2. The monoisotopic (exact) mass is 230 g/mol. The molecular formula is C13H18N4. The lowest BCUT2D eigenvalue weighted by Gasteiger charge is -2.06. The number of hydrogen-bond donors (Lipinski definition) is 0. The third kappa shape index (κ3) is 2.07. The molecule has 0 atom stereocenters. The lowest BCUT2D eigenvalue weighted by Crippen LogP contribution is -2.06. The molecule has 0 aliphatic heterocycles. The fraction of sp³-hybridized carbons (Fsp3) is 0.462. The summed E-state index contributed by atoms with van der Waals surface area (Å²) in [6.07, 6.45) is 2.92. The quantitative estimate of drug-likeness (QED) is 0.796. The van der Waals surface area contributed by atoms with Crippen molar-refractivity contribution in [2.24, 2.45) is 0 Å². The Morgan fingerprint density at radius 3 is 2.12 bits per heavy atom. The summed E-state index contributed by atoms with van der Waals surface area (Å²) < 4.78 is 1.77. The highest BCUT2D eigenvalue weighted by Gasteiger charge is 2.09. The van der Waals surface area contributed by atoms with Gasteiger partial charge in [0.05, 0.1) is 5.69 Å². The fourth-order valence-corrected chi connectivity index (χ4v) is 1.80. The van der Waals surface area contributed by atoms with Crippen LogP contribution in [0.4, 0.5) is 0 Å². The van der Waals surface area contributed by atoms with E-state index in [4.69, 9.17) is 0 Å². The van der Waals surface area contributed by atoms with Crippen molar-refractivity contribution in [3.05, 3.63) is 34.4 Å². The van der Waals surface area contributed by atoms with E-state index in [1.807, 2.05) is 27.0 Å². The van der Waals surface area contributed by atoms with E-state index < -0.39 is 0 Å². The number of hydrogen-bond acceptors (Lipinski definition) is 3. The van der Waals surface area contributed by atoms with Gasteiger partial charge in [-0.05, 0) is 45.2 Å². The zero-order valence-electron chi connectivity index (χ0n) is 11.1. The summed E-state index contributed by atoms with van der Waals surface area (Å²) in [5, 5.41) is 4.50. The smallest absolute Gasteiger partial charge is 0.216 e. The van der Waals surface area contributed by atoms with E-state index in [0.29, 0.717) is 5.95 Å². The standard InChI is InChI=1S/C13H18N4/c1-6-12-8(2)7-17(16-12)13-14-10(4)9(3)11(5)15-13/h7H,6H2,1-5H3. The molecule has 2 aromatic heterocycles. The zero-order valence-corrected chi connectivity index (χ0v) is 11.1. The molecule has 0 aliphatic rings. The van der Waals surface area contributed by atoms with E-state index >= 15 is 0 Å². The highest BCUT2D eigenvalue weighted by atomic mass is 15.3. The van der Waals surface area contributed by atoms with E-state index in [-0.39, 0.29) is 0 Å². The molecule has 4 heteroatoms. The third-order valence-electron chi connectivity index (χ3n) is 3.16. The largest absolute Gasteiger partial charge is 0.250 e. The second-order valence-electron chi connectivity index (χ2n) is 4.38. The van der Waals surface area contributed by atoms with Gasteiger partial charge in [-0.3, -0.25) is 0 Å². The molecule has 0 unspecified atom stereocenters. The van der Waals surface area contributed by atoms with Crippen molar-refractivity contribution in [3.8, 4) is 5.95 Å². The van der Waals surface area contributed by atoms with E-state index in [1.165, 1.54) is 5.56 Å². The molecular weight excluding hydrogens is 212 g/mol. The Morgan fingerprint density at radius 2 is 1.65 bits per heavy atom. The normalized spacial score (nSPS) is 10.9. The minimum Gasteiger partial charge on any atom is -0.216 e. The Bertz CT molecular complexity index is 532. The first kappa shape index (κ1) is 11.8. The average Bonchev–Trinajstić information content (AvgIpc) is 2.66. The Hall–Kier alpha value is -1.71. The first-order valence-electron chi connectivity index (χ1n) is 5.90. The second kappa shape index (κ2) is 4.28. The Balaban J connectivity index is 2.53. The van der Waals surface area contributed by atoms with Crippen molar-refractivity contribution in [1.82, 2.24) is 19.7 Å². The van der Waals surface area contributed by atoms with Crippen molar-refractivity contribution >= 4 is 0 Å². The predicted molar refractivity (Wildman–Crippen MR) is 67.5 cm³/mol. The van der Waals surface area contributed by atoms with E-state index in [2.05, 4.69) is 28.9 Å². The summed E-state index contributed by atoms with van der Waals surface area (Å²) in [7, 11) is 0. The molecule has 0 aromatic carbocycles. The highest BCUT2D eigenvalue weighted by molar-refractivity contribution is 5.28. The van der Waals surface area contributed by atoms with Gasteiger partial charge in [-0.15, -0.1) is 0 Å². The molecule has 90 valence electrons. The van der Waals surface area contributed by atoms with E-state index in [9.17, 15) is 0 Å². The highest BCUT2D eigenvalue weighted by Crippen LogP contribution is 2.13. The zero-order chi connectivity index (χ0) is 12.6. The summed E-state index contributed by atoms with van der Waals surface area (Å²) in [6.45, 7) is 10.2. The van der Waals surface area contributed by atoms with Gasteiger partial charge in [-0.1, -0.05) is 6.92 Å². The van der Waals surface area contributed by atoms with Gasteiger partial charge in [-0.25, -0.2) is 14.6 Å². The minimum absolute atomic E-state index is 0.661. The molecule has 0 aliphatic carbocycles. The number of nitrogens with zero attached hydrogens (tertiary/aromatic N) is 4. The van der Waals surface area contributed by atoms with Crippen LogP contribution in [-0.2, 0) is 6.42 Å². The number of aromatic nitrogens is 4. The van der Waals surface area contributed by atoms with Gasteiger partial charge in [0, 0.05) is 17.6 Å². The third-order valence-corrected chi connectivity index (χ3v) is 3.16. The van der Waals surface area contributed by atoms with Crippen LogP contribution in [0.15, 0.2) is 6.20 Å². The summed E-state index contributed by atoms with van der Waals surface area (Å²) in [5.41, 5.74) is 5.46. The van der Waals surface area contributed by atoms with Crippen molar-refractivity contribution in [3.63, 3.8) is 0 Å². The first-order chi connectivity index (χ1) is 8.02. The van der Waals surface area contributed by atoms with Crippen molar-refractivity contribution < 1.29 is 0 Å². The van der Waals surface area contributed by atoms with Gasteiger partial charge in [0.25, 0.3) is 5.95 Å². The van der Waals surface area contributed by atoms with Crippen LogP contribution in [0.1, 0.15) is 35.1 Å². The SMILES string of the molecule is CCc1nn(-c2nc(C)c(C)c(C)n2)cc1C. The summed E-state index contributed by atoms with van der Waals surface area (Å²) >= 11 is 0. The molecule has 0 radical (unpaired) electrons. The molecule has 0 spiro atoms. The Kier molecular flexibility index (Phi) is 2.96. The number of rotatable bonds is 2. The van der Waals surface area contributed by atoms with Crippen LogP contribution in [0.3, 0.4) is 0 Å². The van der Waals surface area contributed by atoms with Crippen LogP contribution < -0.4 is 0 Å². The molecule has 4 nitrogen and oxygen atoms in total. The lowest BCUT2D eigenvalue weighted by molar-refractivity contribution is 0.770. The maximum Gasteiger partial charge on any atom is 0.250 e. The van der Waals surface area contributed by atoms with Gasteiger partial charge >= 0.3 is 0 Å². The van der Waals surface area contributed by atoms with Gasteiger partial charge in [0.2, 0.25) is 0 Å². The molecule has 0 saturated heterocycles. The molecule has 0 fully saturated rings. The Morgan fingerprint density at radius 1 is 1.06 bits per heavy atom. The van der Waals surface area contributed by atoms with Gasteiger partial charge in [0.15, 0.2) is 0 Å². The van der Waals surface area contributed by atoms with Crippen molar-refractivity contribution in [2.45, 2.75) is 41.0 Å². The summed E-state index contributed by atoms with van der Waals surface area (Å²) in [6, 6.07) is 0. The van der Waals surface area contributed by atoms with Crippen LogP contribution in [0, 0.1) is 27.7 Å². The Labute approximate surface area is 102 Å². The molecule has 2 aromatic rings. The van der Waals surface area contributed by atoms with Crippen LogP contribution in [-0.4, -0.2) is 19.7 Å². The van der Waals surface area contributed by atoms with Crippen LogP contribution >= 0.6 is 0 Å². The summed E-state index contributed by atoms with van der Waals surface area (Å²) in [4.78, 5) is 8.96. The molecule has 0 N–H and O–H groups in total. The van der Waals surface area contributed by atoms with Crippen LogP contribution in [0.5, 0.6) is 0 Å².